The molecule has 0 heterocycles. The van der Waals surface area contributed by atoms with Crippen LogP contribution in [0, 0.1) is 5.92 Å². The fourth-order valence-corrected chi connectivity index (χ4v) is 2.01. The molecule has 0 saturated carbocycles. The zero-order valence-electron chi connectivity index (χ0n) is 14.6. The molecule has 0 amide bonds. The van der Waals surface area contributed by atoms with Crippen LogP contribution in [-0.4, -0.2) is 46.4 Å². The van der Waals surface area contributed by atoms with Crippen molar-refractivity contribution in [3.05, 3.63) is 29.8 Å². The fourth-order valence-electron chi connectivity index (χ4n) is 2.01. The van der Waals surface area contributed by atoms with Gasteiger partial charge in [-0.2, -0.15) is 0 Å². The van der Waals surface area contributed by atoms with Crippen molar-refractivity contribution in [3.63, 3.8) is 0 Å². The predicted octanol–water partition coefficient (Wildman–Crippen LogP) is 2.69. The largest absolute Gasteiger partial charge is 0.496 e. The van der Waals surface area contributed by atoms with Gasteiger partial charge >= 0.3 is 0 Å². The third-order valence-electron chi connectivity index (χ3n) is 3.09. The molecule has 5 nitrogen and oxygen atoms in total. The standard InChI is InChI=1S/C17H29N3O2.HI/c1-14(2)13-22-12-11-20-17(18-3)19-10-9-15-7-5-6-8-16(15)21-4;/h5-8,14H,9-13H2,1-4H3,(H2,18,19,20);1H. The number of methoxy groups -OCH3 is 1. The van der Waals surface area contributed by atoms with Crippen molar-refractivity contribution in [3.8, 4) is 5.75 Å². The van der Waals surface area contributed by atoms with Gasteiger partial charge in [-0.15, -0.1) is 24.0 Å². The number of hydrogen-bond donors (Lipinski definition) is 2. The van der Waals surface area contributed by atoms with Crippen LogP contribution in [0.2, 0.25) is 0 Å². The number of hydrogen-bond acceptors (Lipinski definition) is 3. The maximum Gasteiger partial charge on any atom is 0.191 e. The Morgan fingerprint density at radius 1 is 1.17 bits per heavy atom. The molecule has 23 heavy (non-hydrogen) atoms. The monoisotopic (exact) mass is 435 g/mol. The van der Waals surface area contributed by atoms with Crippen LogP contribution in [0.3, 0.4) is 0 Å². The average Bonchev–Trinajstić information content (AvgIpc) is 2.53. The lowest BCUT2D eigenvalue weighted by Gasteiger charge is -2.13. The number of guanidine groups is 1. The second-order valence-electron chi connectivity index (χ2n) is 5.46. The highest BCUT2D eigenvalue weighted by atomic mass is 127. The van der Waals surface area contributed by atoms with Gasteiger partial charge in [-0.05, 0) is 24.0 Å². The topological polar surface area (TPSA) is 54.9 Å². The normalized spacial score (nSPS) is 11.1. The molecule has 0 saturated heterocycles. The molecule has 6 heteroatoms. The summed E-state index contributed by atoms with van der Waals surface area (Å²) in [6, 6.07) is 8.06. The van der Waals surface area contributed by atoms with Crippen LogP contribution in [0.5, 0.6) is 5.75 Å². The summed E-state index contributed by atoms with van der Waals surface area (Å²) in [4.78, 5) is 4.20. The number of halogens is 1. The molecule has 0 unspecified atom stereocenters. The molecule has 1 rings (SSSR count). The molecule has 2 N–H and O–H groups in total. The first-order valence-electron chi connectivity index (χ1n) is 7.81. The number of para-hydroxylation sites is 1. The molecule has 0 bridgehead atoms. The lowest BCUT2D eigenvalue weighted by atomic mass is 10.1. The number of nitrogens with zero attached hydrogens (tertiary/aromatic N) is 1. The lowest BCUT2D eigenvalue weighted by molar-refractivity contribution is 0.114. The van der Waals surface area contributed by atoms with Crippen LogP contribution in [0.25, 0.3) is 0 Å². The van der Waals surface area contributed by atoms with Gasteiger partial charge in [0.1, 0.15) is 5.75 Å². The first-order valence-corrected chi connectivity index (χ1v) is 7.81. The number of aliphatic imine (C=N–C) groups is 1. The summed E-state index contributed by atoms with van der Waals surface area (Å²) in [5, 5.41) is 6.54. The Hall–Kier alpha value is -1.02. The van der Waals surface area contributed by atoms with E-state index in [1.807, 2.05) is 18.2 Å². The first-order chi connectivity index (χ1) is 10.7. The fraction of sp³-hybridized carbons (Fsp3) is 0.588. The van der Waals surface area contributed by atoms with Crippen LogP contribution in [0.1, 0.15) is 19.4 Å². The van der Waals surface area contributed by atoms with E-state index in [2.05, 4.69) is 35.5 Å². The molecule has 132 valence electrons. The summed E-state index contributed by atoms with van der Waals surface area (Å²) in [7, 11) is 3.47. The van der Waals surface area contributed by atoms with Crippen molar-refractivity contribution < 1.29 is 9.47 Å². The Morgan fingerprint density at radius 3 is 2.52 bits per heavy atom. The second-order valence-corrected chi connectivity index (χ2v) is 5.46. The van der Waals surface area contributed by atoms with Crippen LogP contribution < -0.4 is 15.4 Å². The lowest BCUT2D eigenvalue weighted by Crippen LogP contribution is -2.39. The molecule has 1 aromatic carbocycles. The summed E-state index contributed by atoms with van der Waals surface area (Å²) >= 11 is 0. The van der Waals surface area contributed by atoms with E-state index < -0.39 is 0 Å². The van der Waals surface area contributed by atoms with Crippen molar-refractivity contribution in [1.29, 1.82) is 0 Å². The zero-order valence-corrected chi connectivity index (χ0v) is 16.9. The molecule has 0 spiro atoms. The van der Waals surface area contributed by atoms with Crippen LogP contribution in [0.4, 0.5) is 0 Å². The van der Waals surface area contributed by atoms with Crippen molar-refractivity contribution in [2.75, 3.05) is 40.5 Å². The van der Waals surface area contributed by atoms with E-state index in [1.165, 1.54) is 5.56 Å². The summed E-state index contributed by atoms with van der Waals surface area (Å²) in [6.07, 6.45) is 0.883. The molecule has 0 aromatic heterocycles. The van der Waals surface area contributed by atoms with Crippen molar-refractivity contribution in [1.82, 2.24) is 10.6 Å². The Labute approximate surface area is 157 Å². The van der Waals surface area contributed by atoms with E-state index in [0.717, 1.165) is 37.8 Å². The maximum absolute atomic E-state index is 5.53. The van der Waals surface area contributed by atoms with E-state index in [-0.39, 0.29) is 24.0 Å². The van der Waals surface area contributed by atoms with Crippen LogP contribution in [-0.2, 0) is 11.2 Å². The van der Waals surface area contributed by atoms with Gasteiger partial charge in [0.15, 0.2) is 5.96 Å². The Balaban J connectivity index is 0.00000484. The molecule has 0 radical (unpaired) electrons. The third-order valence-corrected chi connectivity index (χ3v) is 3.09. The van der Waals surface area contributed by atoms with E-state index in [9.17, 15) is 0 Å². The van der Waals surface area contributed by atoms with Crippen LogP contribution in [0.15, 0.2) is 29.3 Å². The van der Waals surface area contributed by atoms with Crippen LogP contribution >= 0.6 is 24.0 Å². The highest BCUT2D eigenvalue weighted by molar-refractivity contribution is 14.0. The SMILES string of the molecule is CN=C(NCCOCC(C)C)NCCc1ccccc1OC.I. The smallest absolute Gasteiger partial charge is 0.191 e. The molecule has 0 atom stereocenters. The van der Waals surface area contributed by atoms with Gasteiger partial charge in [0.2, 0.25) is 0 Å². The molecule has 0 aliphatic carbocycles. The summed E-state index contributed by atoms with van der Waals surface area (Å²) in [5.41, 5.74) is 1.19. The van der Waals surface area contributed by atoms with Crippen molar-refractivity contribution in [2.45, 2.75) is 20.3 Å². The van der Waals surface area contributed by atoms with E-state index in [4.69, 9.17) is 9.47 Å². The summed E-state index contributed by atoms with van der Waals surface area (Å²) in [5.74, 6) is 2.29. The van der Waals surface area contributed by atoms with Gasteiger partial charge in [0.25, 0.3) is 0 Å². The summed E-state index contributed by atoms with van der Waals surface area (Å²) < 4.78 is 10.9. The van der Waals surface area contributed by atoms with Gasteiger partial charge in [0, 0.05) is 26.7 Å². The van der Waals surface area contributed by atoms with Crippen molar-refractivity contribution >= 4 is 29.9 Å². The minimum absolute atomic E-state index is 0. The minimum Gasteiger partial charge on any atom is -0.496 e. The van der Waals surface area contributed by atoms with Gasteiger partial charge in [0.05, 0.1) is 13.7 Å². The number of rotatable bonds is 9. The maximum atomic E-state index is 5.53. The molecule has 0 aliphatic rings. The quantitative estimate of drug-likeness (QED) is 0.271. The Morgan fingerprint density at radius 2 is 1.87 bits per heavy atom. The summed E-state index contributed by atoms with van der Waals surface area (Å²) in [6.45, 7) is 7.32. The molecular formula is C17H30IN3O2. The Bertz CT molecular complexity index is 453. The van der Waals surface area contributed by atoms with E-state index >= 15 is 0 Å². The van der Waals surface area contributed by atoms with Gasteiger partial charge < -0.3 is 20.1 Å². The minimum atomic E-state index is 0. The van der Waals surface area contributed by atoms with E-state index in [0.29, 0.717) is 12.5 Å². The molecule has 0 fully saturated rings. The van der Waals surface area contributed by atoms with E-state index in [1.54, 1.807) is 14.2 Å². The average molecular weight is 435 g/mol. The molecule has 0 aliphatic heterocycles. The number of nitrogens with one attached hydrogen (secondary N) is 2. The van der Waals surface area contributed by atoms with Gasteiger partial charge in [-0.1, -0.05) is 32.0 Å². The highest BCUT2D eigenvalue weighted by Crippen LogP contribution is 2.17. The first kappa shape index (κ1) is 22.0. The second kappa shape index (κ2) is 13.4. The molecular weight excluding hydrogens is 405 g/mol. The van der Waals surface area contributed by atoms with Crippen molar-refractivity contribution in [2.24, 2.45) is 10.9 Å². The van der Waals surface area contributed by atoms with Gasteiger partial charge in [-0.25, -0.2) is 0 Å². The number of benzene rings is 1. The Kier molecular flexibility index (Phi) is 12.8. The number of ether oxygens (including phenoxy) is 2. The third kappa shape index (κ3) is 9.65. The highest BCUT2D eigenvalue weighted by Gasteiger charge is 2.02. The predicted molar refractivity (Wildman–Crippen MR) is 107 cm³/mol. The molecule has 1 aromatic rings. The zero-order chi connectivity index (χ0) is 16.2. The van der Waals surface area contributed by atoms with Gasteiger partial charge in [-0.3, -0.25) is 4.99 Å².